The Hall–Kier alpha value is -4.13. The van der Waals surface area contributed by atoms with E-state index in [1.807, 2.05) is 6.07 Å². The van der Waals surface area contributed by atoms with E-state index in [1.165, 1.54) is 43.3 Å². The number of nitrogens with zero attached hydrogens (tertiary/aromatic N) is 3. The molecule has 0 unspecified atom stereocenters. The van der Waals surface area contributed by atoms with Crippen molar-refractivity contribution in [2.24, 2.45) is 0 Å². The van der Waals surface area contributed by atoms with E-state index in [1.54, 1.807) is 6.92 Å². The van der Waals surface area contributed by atoms with Crippen LogP contribution in [0, 0.1) is 18.3 Å². The van der Waals surface area contributed by atoms with E-state index >= 15 is 0 Å². The van der Waals surface area contributed by atoms with Crippen LogP contribution < -0.4 is 14.9 Å². The van der Waals surface area contributed by atoms with Gasteiger partial charge in [-0.1, -0.05) is 12.1 Å². The average Bonchev–Trinajstić information content (AvgIpc) is 2.74. The second kappa shape index (κ2) is 8.93. The van der Waals surface area contributed by atoms with Gasteiger partial charge in [-0.25, -0.2) is 9.48 Å². The van der Waals surface area contributed by atoms with E-state index in [0.717, 1.165) is 16.8 Å². The zero-order valence-electron chi connectivity index (χ0n) is 16.9. The minimum absolute atomic E-state index is 0.0696. The number of hydrogen-bond donors (Lipinski definition) is 0. The van der Waals surface area contributed by atoms with Crippen LogP contribution in [0.15, 0.2) is 53.3 Å². The van der Waals surface area contributed by atoms with Gasteiger partial charge < -0.3 is 9.47 Å². The van der Waals surface area contributed by atoms with Crippen molar-refractivity contribution in [2.45, 2.75) is 20.0 Å². The van der Waals surface area contributed by atoms with Crippen molar-refractivity contribution in [3.63, 3.8) is 0 Å². The highest BCUT2D eigenvalue weighted by Crippen LogP contribution is 2.34. The fourth-order valence-electron chi connectivity index (χ4n) is 2.91. The summed E-state index contributed by atoms with van der Waals surface area (Å²) >= 11 is 0. The predicted molar refractivity (Wildman–Crippen MR) is 107 cm³/mol. The molecule has 0 aliphatic heterocycles. The molecule has 10 heteroatoms. The number of esters is 1. The number of halogens is 3. The number of nitriles is 1. The average molecular weight is 443 g/mol. The lowest BCUT2D eigenvalue weighted by atomic mass is 10.1. The molecule has 1 aromatic heterocycles. The Morgan fingerprint density at radius 3 is 2.53 bits per heavy atom. The van der Waals surface area contributed by atoms with Crippen LogP contribution in [0.4, 0.5) is 13.2 Å². The van der Waals surface area contributed by atoms with Gasteiger partial charge in [-0.15, -0.1) is 0 Å². The summed E-state index contributed by atoms with van der Waals surface area (Å²) in [4.78, 5) is 25.1. The van der Waals surface area contributed by atoms with E-state index in [0.29, 0.717) is 0 Å². The van der Waals surface area contributed by atoms with Crippen molar-refractivity contribution < 1.29 is 27.4 Å². The SMILES string of the molecule is CCOc1cc(C#N)ccc1OC(=O)c1nn(-c2ccccc2C(F)(F)F)c(C)cc1=O. The number of alkyl halides is 3. The maximum Gasteiger partial charge on any atom is 0.418 e. The van der Waals surface area contributed by atoms with Gasteiger partial charge in [-0.3, -0.25) is 4.79 Å². The number of aryl methyl sites for hydroxylation is 1. The molecule has 0 atom stereocenters. The maximum atomic E-state index is 13.4. The van der Waals surface area contributed by atoms with E-state index < -0.39 is 28.8 Å². The molecular formula is C22H16F3N3O4. The molecule has 2 aromatic carbocycles. The van der Waals surface area contributed by atoms with Crippen LogP contribution in [0.5, 0.6) is 11.5 Å². The molecule has 0 saturated carbocycles. The zero-order valence-corrected chi connectivity index (χ0v) is 16.9. The zero-order chi connectivity index (χ0) is 23.5. The number of aromatic nitrogens is 2. The van der Waals surface area contributed by atoms with Crippen LogP contribution in [-0.4, -0.2) is 22.4 Å². The molecule has 3 aromatic rings. The summed E-state index contributed by atoms with van der Waals surface area (Å²) in [7, 11) is 0. The van der Waals surface area contributed by atoms with Crippen molar-refractivity contribution in [3.05, 3.63) is 81.3 Å². The monoisotopic (exact) mass is 443 g/mol. The number of para-hydroxylation sites is 1. The molecule has 1 heterocycles. The summed E-state index contributed by atoms with van der Waals surface area (Å²) in [5.41, 5.74) is -2.51. The van der Waals surface area contributed by atoms with Gasteiger partial charge in [0.05, 0.1) is 29.5 Å². The number of ether oxygens (including phenoxy) is 2. The molecule has 32 heavy (non-hydrogen) atoms. The largest absolute Gasteiger partial charge is 0.490 e. The number of carbonyl (C=O) groups excluding carboxylic acids is 1. The number of carbonyl (C=O) groups is 1. The quantitative estimate of drug-likeness (QED) is 0.436. The minimum Gasteiger partial charge on any atom is -0.490 e. The lowest BCUT2D eigenvalue weighted by Crippen LogP contribution is -2.26. The summed E-state index contributed by atoms with van der Waals surface area (Å²) in [5, 5.41) is 12.9. The van der Waals surface area contributed by atoms with Gasteiger partial charge in [0.15, 0.2) is 11.5 Å². The second-order valence-corrected chi connectivity index (χ2v) is 6.52. The van der Waals surface area contributed by atoms with E-state index in [4.69, 9.17) is 14.7 Å². The summed E-state index contributed by atoms with van der Waals surface area (Å²) in [6.07, 6.45) is -4.68. The lowest BCUT2D eigenvalue weighted by molar-refractivity contribution is -0.137. The molecule has 0 bridgehead atoms. The Balaban J connectivity index is 2.06. The molecule has 0 spiro atoms. The van der Waals surface area contributed by atoms with Crippen molar-refractivity contribution in [2.75, 3.05) is 6.61 Å². The smallest absolute Gasteiger partial charge is 0.418 e. The molecule has 0 saturated heterocycles. The van der Waals surface area contributed by atoms with Crippen LogP contribution in [0.25, 0.3) is 5.69 Å². The van der Waals surface area contributed by atoms with Gasteiger partial charge in [0, 0.05) is 17.8 Å². The first kappa shape index (κ1) is 22.6. The van der Waals surface area contributed by atoms with Crippen LogP contribution in [-0.2, 0) is 6.18 Å². The number of benzene rings is 2. The van der Waals surface area contributed by atoms with Crippen molar-refractivity contribution in [1.82, 2.24) is 9.78 Å². The van der Waals surface area contributed by atoms with Crippen molar-refractivity contribution in [1.29, 1.82) is 5.26 Å². The standard InChI is InChI=1S/C22H16F3N3O4/c1-3-31-19-11-14(12-26)8-9-18(19)32-21(30)20-17(29)10-13(2)28(27-20)16-7-5-4-6-15(16)22(23,24)25/h4-11H,3H2,1-2H3. The number of hydrogen-bond acceptors (Lipinski definition) is 6. The molecule has 164 valence electrons. The summed E-state index contributed by atoms with van der Waals surface area (Å²) < 4.78 is 51.8. The Bertz CT molecular complexity index is 1280. The van der Waals surface area contributed by atoms with Gasteiger partial charge in [-0.2, -0.15) is 23.5 Å². The molecule has 3 rings (SSSR count). The third kappa shape index (κ3) is 4.62. The van der Waals surface area contributed by atoms with E-state index in [-0.39, 0.29) is 35.1 Å². The van der Waals surface area contributed by atoms with Crippen molar-refractivity contribution in [3.8, 4) is 23.3 Å². The molecule has 0 aliphatic rings. The van der Waals surface area contributed by atoms with Gasteiger partial charge in [0.2, 0.25) is 11.1 Å². The summed E-state index contributed by atoms with van der Waals surface area (Å²) in [5.74, 6) is -1.16. The van der Waals surface area contributed by atoms with E-state index in [2.05, 4.69) is 5.10 Å². The van der Waals surface area contributed by atoms with Crippen LogP contribution in [0.2, 0.25) is 0 Å². The Morgan fingerprint density at radius 1 is 1.16 bits per heavy atom. The highest BCUT2D eigenvalue weighted by Gasteiger charge is 2.34. The Morgan fingerprint density at radius 2 is 1.88 bits per heavy atom. The van der Waals surface area contributed by atoms with Gasteiger partial charge in [-0.05, 0) is 38.1 Å². The highest BCUT2D eigenvalue weighted by molar-refractivity contribution is 5.89. The molecule has 7 nitrogen and oxygen atoms in total. The van der Waals surface area contributed by atoms with Crippen LogP contribution in [0.3, 0.4) is 0 Å². The predicted octanol–water partition coefficient (Wildman–Crippen LogP) is 4.05. The topological polar surface area (TPSA) is 94.2 Å². The Kier molecular flexibility index (Phi) is 6.30. The molecule has 0 aliphatic carbocycles. The third-order valence-electron chi connectivity index (χ3n) is 4.31. The van der Waals surface area contributed by atoms with Gasteiger partial charge in [0.1, 0.15) is 0 Å². The van der Waals surface area contributed by atoms with Crippen molar-refractivity contribution >= 4 is 5.97 Å². The van der Waals surface area contributed by atoms with Crippen LogP contribution >= 0.6 is 0 Å². The molecule has 0 radical (unpaired) electrons. The molecule has 0 amide bonds. The first-order valence-corrected chi connectivity index (χ1v) is 9.32. The first-order chi connectivity index (χ1) is 15.2. The number of rotatable bonds is 5. The first-order valence-electron chi connectivity index (χ1n) is 9.32. The van der Waals surface area contributed by atoms with Crippen LogP contribution in [0.1, 0.15) is 34.2 Å². The fourth-order valence-corrected chi connectivity index (χ4v) is 2.91. The maximum absolute atomic E-state index is 13.4. The molecular weight excluding hydrogens is 427 g/mol. The second-order valence-electron chi connectivity index (χ2n) is 6.52. The third-order valence-corrected chi connectivity index (χ3v) is 4.31. The van der Waals surface area contributed by atoms with Gasteiger partial charge >= 0.3 is 12.1 Å². The fraction of sp³-hybridized carbons (Fsp3) is 0.182. The molecule has 0 N–H and O–H groups in total. The normalized spacial score (nSPS) is 11.0. The van der Waals surface area contributed by atoms with E-state index in [9.17, 15) is 22.8 Å². The lowest BCUT2D eigenvalue weighted by Gasteiger charge is -2.16. The minimum atomic E-state index is -4.68. The molecule has 0 fully saturated rings. The Labute approximate surface area is 180 Å². The highest BCUT2D eigenvalue weighted by atomic mass is 19.4. The summed E-state index contributed by atoms with van der Waals surface area (Å²) in [6.45, 7) is 3.29. The van der Waals surface area contributed by atoms with Gasteiger partial charge in [0.25, 0.3) is 0 Å². The summed E-state index contributed by atoms with van der Waals surface area (Å²) in [6, 6.07) is 11.6.